The quantitative estimate of drug-likeness (QED) is 0.714. The molecule has 0 aromatic carbocycles. The van der Waals surface area contributed by atoms with E-state index < -0.39 is 0 Å². The second-order valence-corrected chi connectivity index (χ2v) is 4.08. The van der Waals surface area contributed by atoms with Crippen molar-refractivity contribution >= 4 is 33.0 Å². The number of hydrogen-bond donors (Lipinski definition) is 1. The molecule has 3 nitrogen and oxygen atoms in total. The summed E-state index contributed by atoms with van der Waals surface area (Å²) in [6.45, 7) is 2.10. The molecule has 2 heterocycles. The average molecular weight is 256 g/mol. The zero-order valence-corrected chi connectivity index (χ0v) is 9.08. The van der Waals surface area contributed by atoms with Gasteiger partial charge in [0.25, 0.3) is 0 Å². The van der Waals surface area contributed by atoms with Gasteiger partial charge in [0.2, 0.25) is 0 Å². The van der Waals surface area contributed by atoms with Gasteiger partial charge >= 0.3 is 0 Å². The standard InChI is InChI=1S/C7H11BrN2O.ClH/c8-6-5-7(11-10-6)1-3-9-4-2-7;/h9H,1-5H2;1H. The first kappa shape index (κ1) is 10.3. The maximum Gasteiger partial charge on any atom is 0.146 e. The fraction of sp³-hybridized carbons (Fsp3) is 0.857. The van der Waals surface area contributed by atoms with Crippen LogP contribution in [-0.4, -0.2) is 23.3 Å². The Morgan fingerprint density at radius 1 is 1.42 bits per heavy atom. The number of halogens is 2. The van der Waals surface area contributed by atoms with Crippen LogP contribution in [0.25, 0.3) is 0 Å². The largest absolute Gasteiger partial charge is 0.388 e. The van der Waals surface area contributed by atoms with Gasteiger partial charge in [-0.2, -0.15) is 0 Å². The Balaban J connectivity index is 0.000000720. The predicted octanol–water partition coefficient (Wildman–Crippen LogP) is 1.66. The lowest BCUT2D eigenvalue weighted by Gasteiger charge is -2.30. The lowest BCUT2D eigenvalue weighted by Crippen LogP contribution is -2.41. The van der Waals surface area contributed by atoms with E-state index in [2.05, 4.69) is 26.4 Å². The van der Waals surface area contributed by atoms with Gasteiger partial charge in [0, 0.05) is 19.3 Å². The zero-order chi connectivity index (χ0) is 7.73. The summed E-state index contributed by atoms with van der Waals surface area (Å²) in [7, 11) is 0. The van der Waals surface area contributed by atoms with E-state index in [4.69, 9.17) is 4.84 Å². The van der Waals surface area contributed by atoms with Gasteiger partial charge in [0.1, 0.15) is 10.2 Å². The highest BCUT2D eigenvalue weighted by atomic mass is 79.9. The highest BCUT2D eigenvalue weighted by Crippen LogP contribution is 2.33. The van der Waals surface area contributed by atoms with Crippen molar-refractivity contribution in [3.63, 3.8) is 0 Å². The van der Waals surface area contributed by atoms with Crippen LogP contribution in [0.4, 0.5) is 0 Å². The summed E-state index contributed by atoms with van der Waals surface area (Å²) < 4.78 is 0.958. The van der Waals surface area contributed by atoms with E-state index in [-0.39, 0.29) is 18.0 Å². The lowest BCUT2D eigenvalue weighted by molar-refractivity contribution is -0.0400. The number of hydrogen-bond acceptors (Lipinski definition) is 3. The van der Waals surface area contributed by atoms with Gasteiger partial charge in [-0.15, -0.1) is 12.4 Å². The molecular weight excluding hydrogens is 243 g/mol. The van der Waals surface area contributed by atoms with Gasteiger partial charge < -0.3 is 10.2 Å². The van der Waals surface area contributed by atoms with Gasteiger partial charge in [0.15, 0.2) is 0 Å². The van der Waals surface area contributed by atoms with Crippen LogP contribution in [-0.2, 0) is 4.84 Å². The molecule has 70 valence electrons. The molecule has 0 aromatic heterocycles. The smallest absolute Gasteiger partial charge is 0.146 e. The van der Waals surface area contributed by atoms with Gasteiger partial charge in [-0.3, -0.25) is 0 Å². The van der Waals surface area contributed by atoms with E-state index >= 15 is 0 Å². The molecule has 5 heteroatoms. The van der Waals surface area contributed by atoms with Crippen molar-refractivity contribution in [1.82, 2.24) is 5.32 Å². The fourth-order valence-electron chi connectivity index (χ4n) is 1.63. The predicted molar refractivity (Wildman–Crippen MR) is 54.1 cm³/mol. The normalized spacial score (nSPS) is 25.9. The molecule has 0 amide bonds. The van der Waals surface area contributed by atoms with Gasteiger partial charge in [0.05, 0.1) is 0 Å². The maximum atomic E-state index is 5.39. The van der Waals surface area contributed by atoms with Crippen LogP contribution in [0.1, 0.15) is 19.3 Å². The highest BCUT2D eigenvalue weighted by Gasteiger charge is 2.39. The first-order valence-corrected chi connectivity index (χ1v) is 4.71. The maximum absolute atomic E-state index is 5.39. The van der Waals surface area contributed by atoms with Crippen LogP contribution < -0.4 is 5.32 Å². The van der Waals surface area contributed by atoms with Crippen LogP contribution in [0, 0.1) is 0 Å². The molecule has 0 aromatic rings. The molecular formula is C7H12BrClN2O. The molecule has 2 aliphatic rings. The third kappa shape index (κ3) is 1.92. The van der Waals surface area contributed by atoms with Gasteiger partial charge in [-0.1, -0.05) is 5.16 Å². The number of rotatable bonds is 0. The lowest BCUT2D eigenvalue weighted by atomic mass is 9.90. The minimum absolute atomic E-state index is 0. The molecule has 1 N–H and O–H groups in total. The highest BCUT2D eigenvalue weighted by molar-refractivity contribution is 9.18. The van der Waals surface area contributed by atoms with Crippen LogP contribution in [0.2, 0.25) is 0 Å². The van der Waals surface area contributed by atoms with E-state index in [1.807, 2.05) is 0 Å². The second-order valence-electron chi connectivity index (χ2n) is 3.17. The molecule has 1 spiro atoms. The summed E-state index contributed by atoms with van der Waals surface area (Å²) in [5.41, 5.74) is 0.0318. The SMILES string of the molecule is BrC1=NOC2(CCNCC2)C1.Cl. The molecule has 2 rings (SSSR count). The van der Waals surface area contributed by atoms with Crippen LogP contribution in [0.5, 0.6) is 0 Å². The van der Waals surface area contributed by atoms with Crippen molar-refractivity contribution in [2.45, 2.75) is 24.9 Å². The Hall–Kier alpha value is 0.200. The molecule has 1 saturated heterocycles. The van der Waals surface area contributed by atoms with Gasteiger partial charge in [-0.25, -0.2) is 0 Å². The third-order valence-electron chi connectivity index (χ3n) is 2.32. The Bertz CT molecular complexity index is 192. The molecule has 0 unspecified atom stereocenters. The minimum Gasteiger partial charge on any atom is -0.388 e. The molecule has 1 fully saturated rings. The first-order valence-electron chi connectivity index (χ1n) is 3.92. The summed E-state index contributed by atoms with van der Waals surface area (Å²) in [6, 6.07) is 0. The molecule has 0 atom stereocenters. The molecule has 0 radical (unpaired) electrons. The summed E-state index contributed by atoms with van der Waals surface area (Å²) >= 11 is 3.35. The monoisotopic (exact) mass is 254 g/mol. The summed E-state index contributed by atoms with van der Waals surface area (Å²) in [5.74, 6) is 0. The molecule has 12 heavy (non-hydrogen) atoms. The van der Waals surface area contributed by atoms with E-state index in [9.17, 15) is 0 Å². The van der Waals surface area contributed by atoms with Gasteiger partial charge in [-0.05, 0) is 29.0 Å². The summed E-state index contributed by atoms with van der Waals surface area (Å²) in [4.78, 5) is 5.39. The first-order chi connectivity index (χ1) is 5.31. The van der Waals surface area contributed by atoms with E-state index in [0.29, 0.717) is 0 Å². The van der Waals surface area contributed by atoms with Crippen LogP contribution >= 0.6 is 28.3 Å². The van der Waals surface area contributed by atoms with Crippen molar-refractivity contribution in [2.75, 3.05) is 13.1 Å². The van der Waals surface area contributed by atoms with E-state index in [0.717, 1.165) is 37.0 Å². The Morgan fingerprint density at radius 3 is 2.58 bits per heavy atom. The topological polar surface area (TPSA) is 33.6 Å². The van der Waals surface area contributed by atoms with Crippen LogP contribution in [0.3, 0.4) is 0 Å². The Labute approximate surface area is 86.5 Å². The number of nitrogens with one attached hydrogen (secondary N) is 1. The number of oxime groups is 1. The van der Waals surface area contributed by atoms with Crippen molar-refractivity contribution < 1.29 is 4.84 Å². The molecule has 2 aliphatic heterocycles. The summed E-state index contributed by atoms with van der Waals surface area (Å²) in [6.07, 6.45) is 3.10. The van der Waals surface area contributed by atoms with Crippen molar-refractivity contribution in [2.24, 2.45) is 5.16 Å². The average Bonchev–Trinajstić information content (AvgIpc) is 2.34. The van der Waals surface area contributed by atoms with Crippen molar-refractivity contribution in [3.8, 4) is 0 Å². The summed E-state index contributed by atoms with van der Waals surface area (Å²) in [5, 5.41) is 7.22. The molecule has 0 aliphatic carbocycles. The Kier molecular flexibility index (Phi) is 3.37. The van der Waals surface area contributed by atoms with Crippen molar-refractivity contribution in [1.29, 1.82) is 0 Å². The second kappa shape index (κ2) is 3.94. The minimum atomic E-state index is 0. The fourth-order valence-corrected chi connectivity index (χ4v) is 2.21. The zero-order valence-electron chi connectivity index (χ0n) is 6.68. The number of piperidine rings is 1. The number of nitrogens with zero attached hydrogens (tertiary/aromatic N) is 1. The third-order valence-corrected chi connectivity index (χ3v) is 2.75. The van der Waals surface area contributed by atoms with Crippen molar-refractivity contribution in [3.05, 3.63) is 0 Å². The van der Waals surface area contributed by atoms with E-state index in [1.54, 1.807) is 0 Å². The van der Waals surface area contributed by atoms with Crippen LogP contribution in [0.15, 0.2) is 5.16 Å². The van der Waals surface area contributed by atoms with E-state index in [1.165, 1.54) is 0 Å². The molecule has 0 bridgehead atoms. The molecule has 0 saturated carbocycles. The Morgan fingerprint density at radius 2 is 2.08 bits per heavy atom.